The predicted molar refractivity (Wildman–Crippen MR) is 48.8 cm³/mol. The van der Waals surface area contributed by atoms with Gasteiger partial charge < -0.3 is 15.3 Å². The number of carboxylic acids is 1. The first-order valence-corrected chi connectivity index (χ1v) is 3.95. The van der Waals surface area contributed by atoms with Crippen LogP contribution in [0.4, 0.5) is 5.69 Å². The van der Waals surface area contributed by atoms with Gasteiger partial charge in [-0.2, -0.15) is 0 Å². The number of furan rings is 1. The summed E-state index contributed by atoms with van der Waals surface area (Å²) < 4.78 is 5.12. The van der Waals surface area contributed by atoms with Crippen molar-refractivity contribution < 1.29 is 14.3 Å². The Balaban J connectivity index is 3.17. The van der Waals surface area contributed by atoms with Crippen LogP contribution in [0.1, 0.15) is 37.1 Å². The van der Waals surface area contributed by atoms with Gasteiger partial charge in [0.05, 0.1) is 5.69 Å². The van der Waals surface area contributed by atoms with Gasteiger partial charge in [-0.25, -0.2) is 4.79 Å². The molecule has 0 unspecified atom stereocenters. The monoisotopic (exact) mass is 183 g/mol. The van der Waals surface area contributed by atoms with E-state index in [0.29, 0.717) is 5.76 Å². The lowest BCUT2D eigenvalue weighted by molar-refractivity contribution is 0.0660. The number of carbonyl (C=O) groups is 1. The molecule has 3 N–H and O–H groups in total. The third kappa shape index (κ3) is 1.83. The fourth-order valence-corrected chi connectivity index (χ4v) is 0.942. The molecule has 0 bridgehead atoms. The molecule has 0 aliphatic carbocycles. The summed E-state index contributed by atoms with van der Waals surface area (Å²) in [4.78, 5) is 10.6. The summed E-state index contributed by atoms with van der Waals surface area (Å²) in [6, 6.07) is 1.56. The number of anilines is 1. The van der Waals surface area contributed by atoms with Gasteiger partial charge in [0.15, 0.2) is 0 Å². The normalized spacial score (nSPS) is 11.6. The van der Waals surface area contributed by atoms with E-state index in [9.17, 15) is 4.79 Å². The molecule has 0 aliphatic heterocycles. The Morgan fingerprint density at radius 2 is 2.08 bits per heavy atom. The summed E-state index contributed by atoms with van der Waals surface area (Å²) in [6.07, 6.45) is 0. The van der Waals surface area contributed by atoms with Crippen LogP contribution in [0.15, 0.2) is 10.5 Å². The summed E-state index contributed by atoms with van der Waals surface area (Å²) in [6.45, 7) is 5.78. The molecule has 0 saturated carbocycles. The molecule has 0 amide bonds. The number of nitrogen functional groups attached to an aromatic ring is 1. The minimum absolute atomic E-state index is 0.176. The van der Waals surface area contributed by atoms with Gasteiger partial charge in [0.2, 0.25) is 5.76 Å². The average molecular weight is 183 g/mol. The van der Waals surface area contributed by atoms with Crippen molar-refractivity contribution >= 4 is 11.7 Å². The molecule has 0 spiro atoms. The first-order chi connectivity index (χ1) is 5.82. The number of carboxylic acid groups (broad SMARTS) is 1. The van der Waals surface area contributed by atoms with E-state index in [1.807, 2.05) is 20.8 Å². The molecule has 1 rings (SSSR count). The quantitative estimate of drug-likeness (QED) is 0.696. The van der Waals surface area contributed by atoms with E-state index in [1.165, 1.54) is 0 Å². The molecule has 0 aromatic carbocycles. The highest BCUT2D eigenvalue weighted by atomic mass is 16.4. The van der Waals surface area contributed by atoms with E-state index in [0.717, 1.165) is 0 Å². The Morgan fingerprint density at radius 3 is 2.31 bits per heavy atom. The Hall–Kier alpha value is -1.45. The lowest BCUT2D eigenvalue weighted by atomic mass is 9.93. The Labute approximate surface area is 76.3 Å². The maximum Gasteiger partial charge on any atom is 0.374 e. The minimum atomic E-state index is -1.13. The lowest BCUT2D eigenvalue weighted by Gasteiger charge is -2.13. The van der Waals surface area contributed by atoms with Crippen LogP contribution >= 0.6 is 0 Å². The van der Waals surface area contributed by atoms with Gasteiger partial charge in [-0.15, -0.1) is 0 Å². The molecule has 1 heterocycles. The van der Waals surface area contributed by atoms with Crippen molar-refractivity contribution in [1.29, 1.82) is 0 Å². The third-order valence-electron chi connectivity index (χ3n) is 1.69. The molecule has 0 atom stereocenters. The highest BCUT2D eigenvalue weighted by molar-refractivity contribution is 5.90. The Morgan fingerprint density at radius 1 is 1.54 bits per heavy atom. The fraction of sp³-hybridized carbons (Fsp3) is 0.444. The molecule has 72 valence electrons. The van der Waals surface area contributed by atoms with Crippen molar-refractivity contribution in [2.45, 2.75) is 26.2 Å². The molecular formula is C9H13NO3. The maximum absolute atomic E-state index is 10.6. The summed E-state index contributed by atoms with van der Waals surface area (Å²) in [7, 11) is 0. The van der Waals surface area contributed by atoms with Crippen LogP contribution in [0, 0.1) is 0 Å². The molecule has 4 nitrogen and oxygen atoms in total. The number of nitrogens with two attached hydrogens (primary N) is 1. The van der Waals surface area contributed by atoms with Gasteiger partial charge in [-0.3, -0.25) is 0 Å². The molecule has 0 aliphatic rings. The van der Waals surface area contributed by atoms with Gasteiger partial charge >= 0.3 is 5.97 Å². The number of aromatic carboxylic acids is 1. The van der Waals surface area contributed by atoms with Gasteiger partial charge in [-0.1, -0.05) is 20.8 Å². The van der Waals surface area contributed by atoms with Crippen molar-refractivity contribution in [2.75, 3.05) is 5.73 Å². The van der Waals surface area contributed by atoms with Crippen molar-refractivity contribution in [2.24, 2.45) is 0 Å². The van der Waals surface area contributed by atoms with Crippen LogP contribution in [0.25, 0.3) is 0 Å². The van der Waals surface area contributed by atoms with Crippen molar-refractivity contribution in [3.05, 3.63) is 17.6 Å². The van der Waals surface area contributed by atoms with E-state index in [1.54, 1.807) is 6.07 Å². The highest BCUT2D eigenvalue weighted by Gasteiger charge is 2.23. The molecule has 0 saturated heterocycles. The zero-order valence-corrected chi connectivity index (χ0v) is 7.92. The van der Waals surface area contributed by atoms with E-state index in [2.05, 4.69) is 0 Å². The second kappa shape index (κ2) is 2.80. The maximum atomic E-state index is 10.6. The summed E-state index contributed by atoms with van der Waals surface area (Å²) in [5.41, 5.74) is 5.42. The summed E-state index contributed by atoms with van der Waals surface area (Å²) in [5, 5.41) is 8.67. The second-order valence-electron chi connectivity index (χ2n) is 3.95. The first-order valence-electron chi connectivity index (χ1n) is 3.95. The van der Waals surface area contributed by atoms with E-state index < -0.39 is 5.97 Å². The smallest absolute Gasteiger partial charge is 0.374 e. The van der Waals surface area contributed by atoms with Crippen LogP contribution < -0.4 is 5.73 Å². The van der Waals surface area contributed by atoms with Crippen LogP contribution in [-0.4, -0.2) is 11.1 Å². The summed E-state index contributed by atoms with van der Waals surface area (Å²) >= 11 is 0. The third-order valence-corrected chi connectivity index (χ3v) is 1.69. The van der Waals surface area contributed by atoms with Gasteiger partial charge in [-0.05, 0) is 0 Å². The molecule has 4 heteroatoms. The molecule has 1 aromatic rings. The SMILES string of the molecule is CC(C)(C)c1cc(N)c(C(=O)O)o1. The van der Waals surface area contributed by atoms with Crippen molar-refractivity contribution in [1.82, 2.24) is 0 Å². The fourth-order valence-electron chi connectivity index (χ4n) is 0.942. The van der Waals surface area contributed by atoms with Crippen LogP contribution in [0.3, 0.4) is 0 Å². The van der Waals surface area contributed by atoms with Gasteiger partial charge in [0.1, 0.15) is 5.76 Å². The summed E-state index contributed by atoms with van der Waals surface area (Å²) in [5.74, 6) is -0.722. The van der Waals surface area contributed by atoms with Gasteiger partial charge in [0.25, 0.3) is 0 Å². The lowest BCUT2D eigenvalue weighted by Crippen LogP contribution is -2.09. The van der Waals surface area contributed by atoms with Gasteiger partial charge in [0, 0.05) is 11.5 Å². The molecule has 13 heavy (non-hydrogen) atoms. The zero-order chi connectivity index (χ0) is 10.2. The van der Waals surface area contributed by atoms with E-state index in [-0.39, 0.29) is 16.9 Å². The molecular weight excluding hydrogens is 170 g/mol. The van der Waals surface area contributed by atoms with E-state index in [4.69, 9.17) is 15.3 Å². The molecule has 0 radical (unpaired) electrons. The molecule has 1 aromatic heterocycles. The molecule has 0 fully saturated rings. The highest BCUT2D eigenvalue weighted by Crippen LogP contribution is 2.28. The Bertz CT molecular complexity index is 333. The number of hydrogen-bond donors (Lipinski definition) is 2. The number of rotatable bonds is 1. The van der Waals surface area contributed by atoms with Crippen LogP contribution in [0.2, 0.25) is 0 Å². The predicted octanol–water partition coefficient (Wildman–Crippen LogP) is 1.86. The van der Waals surface area contributed by atoms with Crippen LogP contribution in [0.5, 0.6) is 0 Å². The first kappa shape index (κ1) is 9.64. The number of hydrogen-bond acceptors (Lipinski definition) is 3. The van der Waals surface area contributed by atoms with Crippen LogP contribution in [-0.2, 0) is 5.41 Å². The second-order valence-corrected chi connectivity index (χ2v) is 3.95. The standard InChI is InChI=1S/C9H13NO3/c1-9(2,3)6-4-5(10)7(13-6)8(11)12/h4H,10H2,1-3H3,(H,11,12). The zero-order valence-electron chi connectivity index (χ0n) is 7.92. The minimum Gasteiger partial charge on any atom is -0.475 e. The van der Waals surface area contributed by atoms with Crippen molar-refractivity contribution in [3.8, 4) is 0 Å². The Kier molecular flexibility index (Phi) is 2.07. The largest absolute Gasteiger partial charge is 0.475 e. The van der Waals surface area contributed by atoms with Crippen molar-refractivity contribution in [3.63, 3.8) is 0 Å². The van der Waals surface area contributed by atoms with E-state index >= 15 is 0 Å². The average Bonchev–Trinajstić information content (AvgIpc) is 2.29. The topological polar surface area (TPSA) is 76.5 Å².